The molecule has 3 heteroatoms. The summed E-state index contributed by atoms with van der Waals surface area (Å²) >= 11 is 0. The van der Waals surface area contributed by atoms with Crippen LogP contribution in [-0.4, -0.2) is 17.3 Å². The molecule has 0 N–H and O–H groups in total. The lowest BCUT2D eigenvalue weighted by molar-refractivity contribution is -0.134. The van der Waals surface area contributed by atoms with Gasteiger partial charge in [0, 0.05) is 16.6 Å². The molecule has 0 saturated carbocycles. The van der Waals surface area contributed by atoms with E-state index in [0.717, 1.165) is 57.4 Å². The topological polar surface area (TPSA) is 51.2 Å². The van der Waals surface area contributed by atoms with E-state index >= 15 is 0 Å². The van der Waals surface area contributed by atoms with Crippen LogP contribution in [0.4, 0.5) is 0 Å². The molecular formula is C34H38O3. The molecule has 3 aliphatic rings. The Morgan fingerprint density at radius 3 is 2.08 bits per heavy atom. The molecule has 5 rings (SSSR count). The fourth-order valence-electron chi connectivity index (χ4n) is 8.32. The first kappa shape index (κ1) is 25.6. The third kappa shape index (κ3) is 3.35. The summed E-state index contributed by atoms with van der Waals surface area (Å²) in [5.41, 5.74) is 8.80. The lowest BCUT2D eigenvalue weighted by Crippen LogP contribution is -2.57. The highest BCUT2D eigenvalue weighted by Gasteiger charge is 2.63. The molecule has 3 unspecified atom stereocenters. The van der Waals surface area contributed by atoms with Crippen LogP contribution < -0.4 is 0 Å². The Labute approximate surface area is 221 Å². The van der Waals surface area contributed by atoms with Crippen molar-refractivity contribution in [1.29, 1.82) is 0 Å². The van der Waals surface area contributed by atoms with Gasteiger partial charge in [0.15, 0.2) is 17.3 Å². The first-order chi connectivity index (χ1) is 17.1. The third-order valence-electron chi connectivity index (χ3n) is 9.91. The SMILES string of the molecule is CC(=O)C1=C(C)CC2(C)CC3(C)Cc4c(-c5cc(C)cc(C)c5)ccc(C)c4C(=O)C3=C(C)C2(C)C1=O. The van der Waals surface area contributed by atoms with E-state index in [1.807, 2.05) is 27.7 Å². The molecule has 0 radical (unpaired) electrons. The Morgan fingerprint density at radius 1 is 0.865 bits per heavy atom. The van der Waals surface area contributed by atoms with E-state index in [9.17, 15) is 14.4 Å². The van der Waals surface area contributed by atoms with Crippen molar-refractivity contribution < 1.29 is 14.4 Å². The number of hydrogen-bond donors (Lipinski definition) is 0. The molecule has 0 amide bonds. The smallest absolute Gasteiger partial charge is 0.190 e. The standard InChI is InChI=1S/C34H38O3/c1-18-12-19(2)14-24(13-18)25-11-10-20(3)28-26(25)16-32(7)17-33(8)15-21(4)27(23(6)35)31(37)34(33,9)22(5)29(32)30(28)36/h10-14H,15-17H2,1-9H3. The van der Waals surface area contributed by atoms with Crippen LogP contribution in [0.3, 0.4) is 0 Å². The lowest BCUT2D eigenvalue weighted by Gasteiger charge is -2.59. The van der Waals surface area contributed by atoms with E-state index in [1.54, 1.807) is 0 Å². The summed E-state index contributed by atoms with van der Waals surface area (Å²) in [6, 6.07) is 10.8. The second-order valence-corrected chi connectivity index (χ2v) is 12.8. The van der Waals surface area contributed by atoms with Crippen molar-refractivity contribution in [2.75, 3.05) is 0 Å². The van der Waals surface area contributed by atoms with Crippen molar-refractivity contribution in [2.45, 2.75) is 81.6 Å². The summed E-state index contributed by atoms with van der Waals surface area (Å²) in [7, 11) is 0. The monoisotopic (exact) mass is 494 g/mol. The van der Waals surface area contributed by atoms with Gasteiger partial charge in [-0.15, -0.1) is 0 Å². The average Bonchev–Trinajstić information content (AvgIpc) is 2.75. The predicted octanol–water partition coefficient (Wildman–Crippen LogP) is 7.64. The molecule has 3 aliphatic carbocycles. The fraction of sp³-hybridized carbons (Fsp3) is 0.441. The number of aryl methyl sites for hydroxylation is 3. The van der Waals surface area contributed by atoms with Gasteiger partial charge in [-0.2, -0.15) is 0 Å². The highest BCUT2D eigenvalue weighted by molar-refractivity contribution is 6.24. The minimum atomic E-state index is -0.880. The van der Waals surface area contributed by atoms with Gasteiger partial charge in [0.2, 0.25) is 0 Å². The van der Waals surface area contributed by atoms with Gasteiger partial charge >= 0.3 is 0 Å². The van der Waals surface area contributed by atoms with Gasteiger partial charge in [-0.3, -0.25) is 14.4 Å². The maximum Gasteiger partial charge on any atom is 0.190 e. The number of carbonyl (C=O) groups is 3. The van der Waals surface area contributed by atoms with Crippen LogP contribution in [-0.2, 0) is 16.0 Å². The normalized spacial score (nSPS) is 29.2. The van der Waals surface area contributed by atoms with Crippen LogP contribution in [0.1, 0.15) is 87.0 Å². The van der Waals surface area contributed by atoms with Gasteiger partial charge in [0.05, 0.1) is 11.0 Å². The molecule has 0 saturated heterocycles. The van der Waals surface area contributed by atoms with Crippen molar-refractivity contribution >= 4 is 17.3 Å². The minimum Gasteiger partial charge on any atom is -0.294 e. The van der Waals surface area contributed by atoms with E-state index in [0.29, 0.717) is 12.0 Å². The summed E-state index contributed by atoms with van der Waals surface area (Å²) in [5, 5.41) is 0. The first-order valence-corrected chi connectivity index (χ1v) is 13.4. The third-order valence-corrected chi connectivity index (χ3v) is 9.91. The molecule has 0 heterocycles. The van der Waals surface area contributed by atoms with E-state index in [-0.39, 0.29) is 22.8 Å². The number of rotatable bonds is 2. The predicted molar refractivity (Wildman–Crippen MR) is 149 cm³/mol. The second-order valence-electron chi connectivity index (χ2n) is 12.8. The summed E-state index contributed by atoms with van der Waals surface area (Å²) in [5.74, 6) is -0.236. The molecule has 0 bridgehead atoms. The summed E-state index contributed by atoms with van der Waals surface area (Å²) < 4.78 is 0. The minimum absolute atomic E-state index is 0.0525. The molecule has 3 atom stereocenters. The van der Waals surface area contributed by atoms with Crippen LogP contribution >= 0.6 is 0 Å². The van der Waals surface area contributed by atoms with Crippen LogP contribution in [0, 0.1) is 37.0 Å². The molecule has 2 aromatic carbocycles. The Bertz CT molecular complexity index is 1480. The van der Waals surface area contributed by atoms with Crippen molar-refractivity contribution in [1.82, 2.24) is 0 Å². The van der Waals surface area contributed by atoms with Crippen molar-refractivity contribution in [2.24, 2.45) is 16.2 Å². The van der Waals surface area contributed by atoms with Gasteiger partial charge in [-0.1, -0.05) is 66.5 Å². The zero-order chi connectivity index (χ0) is 27.2. The molecule has 0 fully saturated rings. The largest absolute Gasteiger partial charge is 0.294 e. The summed E-state index contributed by atoms with van der Waals surface area (Å²) in [6.45, 7) is 18.0. The van der Waals surface area contributed by atoms with E-state index in [1.165, 1.54) is 18.1 Å². The zero-order valence-corrected chi connectivity index (χ0v) is 23.7. The number of allylic oxidation sites excluding steroid dienone is 4. The van der Waals surface area contributed by atoms with Crippen LogP contribution in [0.5, 0.6) is 0 Å². The second kappa shape index (κ2) is 7.96. The Hall–Kier alpha value is -3.07. The molecule has 192 valence electrons. The summed E-state index contributed by atoms with van der Waals surface area (Å²) in [6.07, 6.45) is 2.17. The lowest BCUT2D eigenvalue weighted by atomic mass is 9.42. The molecule has 37 heavy (non-hydrogen) atoms. The molecule has 0 aliphatic heterocycles. The fourth-order valence-corrected chi connectivity index (χ4v) is 8.32. The Kier molecular flexibility index (Phi) is 5.50. The van der Waals surface area contributed by atoms with Gasteiger partial charge < -0.3 is 0 Å². The van der Waals surface area contributed by atoms with Gasteiger partial charge in [0.1, 0.15) is 0 Å². The van der Waals surface area contributed by atoms with Crippen molar-refractivity contribution in [3.8, 4) is 11.1 Å². The average molecular weight is 495 g/mol. The van der Waals surface area contributed by atoms with Crippen molar-refractivity contribution in [3.05, 3.63) is 80.4 Å². The number of Topliss-reactive ketones (excluding diaryl/α,β-unsaturated/α-hetero) is 3. The Morgan fingerprint density at radius 2 is 1.49 bits per heavy atom. The molecule has 2 aromatic rings. The molecule has 0 aromatic heterocycles. The van der Waals surface area contributed by atoms with Crippen LogP contribution in [0.2, 0.25) is 0 Å². The number of ketones is 3. The first-order valence-electron chi connectivity index (χ1n) is 13.4. The molecule has 3 nitrogen and oxygen atoms in total. The van der Waals surface area contributed by atoms with Crippen molar-refractivity contribution in [3.63, 3.8) is 0 Å². The van der Waals surface area contributed by atoms with Gasteiger partial charge in [0.25, 0.3) is 0 Å². The number of carbonyl (C=O) groups excluding carboxylic acids is 3. The quantitative estimate of drug-likeness (QED) is 0.403. The highest BCUT2D eigenvalue weighted by Crippen LogP contribution is 2.66. The Balaban J connectivity index is 1.78. The molecular weight excluding hydrogens is 456 g/mol. The maximum absolute atomic E-state index is 14.5. The van der Waals surface area contributed by atoms with Gasteiger partial charge in [-0.25, -0.2) is 0 Å². The van der Waals surface area contributed by atoms with E-state index < -0.39 is 10.8 Å². The molecule has 0 spiro atoms. The van der Waals surface area contributed by atoms with Crippen LogP contribution in [0.25, 0.3) is 11.1 Å². The number of benzene rings is 2. The summed E-state index contributed by atoms with van der Waals surface area (Å²) in [4.78, 5) is 41.0. The van der Waals surface area contributed by atoms with E-state index in [4.69, 9.17) is 0 Å². The number of fused-ring (bicyclic) bond motifs is 3. The number of hydrogen-bond acceptors (Lipinski definition) is 3. The maximum atomic E-state index is 14.5. The highest BCUT2D eigenvalue weighted by atomic mass is 16.2. The van der Waals surface area contributed by atoms with E-state index in [2.05, 4.69) is 58.0 Å². The van der Waals surface area contributed by atoms with Crippen LogP contribution in [0.15, 0.2) is 52.6 Å². The zero-order valence-electron chi connectivity index (χ0n) is 23.7. The van der Waals surface area contributed by atoms with Gasteiger partial charge in [-0.05, 0) is 95.4 Å².